The van der Waals surface area contributed by atoms with Gasteiger partial charge in [-0.15, -0.1) is 0 Å². The SMILES string of the molecule is O=S(=O)(NC1CCN(c2ncnc3c2nc(-c2ccccc2Cl)n3-c2ccc(F)cc2)CC1)c1ccccc1F. The summed E-state index contributed by atoms with van der Waals surface area (Å²) in [6, 6.07) is 18.3. The van der Waals surface area contributed by atoms with E-state index in [1.165, 1.54) is 36.7 Å². The van der Waals surface area contributed by atoms with E-state index in [4.69, 9.17) is 16.6 Å². The largest absolute Gasteiger partial charge is 0.355 e. The summed E-state index contributed by atoms with van der Waals surface area (Å²) in [6.45, 7) is 0.975. The summed E-state index contributed by atoms with van der Waals surface area (Å²) in [5, 5.41) is 0.499. The molecule has 0 spiro atoms. The smallest absolute Gasteiger partial charge is 0.243 e. The van der Waals surface area contributed by atoms with Crippen LogP contribution in [0.5, 0.6) is 0 Å². The van der Waals surface area contributed by atoms with Crippen LogP contribution in [0.25, 0.3) is 28.2 Å². The number of halogens is 3. The Morgan fingerprint density at radius 2 is 1.60 bits per heavy atom. The Kier molecular flexibility index (Phi) is 6.95. The summed E-state index contributed by atoms with van der Waals surface area (Å²) < 4.78 is 57.9. The first-order valence-electron chi connectivity index (χ1n) is 12.6. The predicted octanol–water partition coefficient (Wildman–Crippen LogP) is 5.36. The van der Waals surface area contributed by atoms with E-state index in [1.54, 1.807) is 18.2 Å². The Morgan fingerprint density at radius 1 is 0.900 bits per heavy atom. The van der Waals surface area contributed by atoms with Crippen molar-refractivity contribution in [2.75, 3.05) is 18.0 Å². The minimum atomic E-state index is -4.00. The fraction of sp³-hybridized carbons (Fsp3) is 0.179. The molecule has 0 bridgehead atoms. The number of piperidine rings is 1. The van der Waals surface area contributed by atoms with Crippen LogP contribution in [-0.2, 0) is 10.0 Å². The molecule has 3 aromatic carbocycles. The zero-order chi connectivity index (χ0) is 27.9. The third kappa shape index (κ3) is 4.91. The molecular weight excluding hydrogens is 558 g/mol. The molecule has 1 fully saturated rings. The van der Waals surface area contributed by atoms with E-state index < -0.39 is 15.8 Å². The van der Waals surface area contributed by atoms with Crippen LogP contribution >= 0.6 is 11.6 Å². The van der Waals surface area contributed by atoms with Crippen molar-refractivity contribution in [2.45, 2.75) is 23.8 Å². The van der Waals surface area contributed by atoms with E-state index in [9.17, 15) is 17.2 Å². The van der Waals surface area contributed by atoms with E-state index in [2.05, 4.69) is 14.7 Å². The Bertz CT molecular complexity index is 1810. The molecule has 1 aliphatic heterocycles. The molecular formula is C28H23ClF2N6O2S. The molecule has 1 saturated heterocycles. The summed E-state index contributed by atoms with van der Waals surface area (Å²) in [5.74, 6) is -0.0331. The second-order valence-corrected chi connectivity index (χ2v) is 11.5. The molecule has 0 saturated carbocycles. The first-order valence-corrected chi connectivity index (χ1v) is 14.4. The Morgan fingerprint density at radius 3 is 2.33 bits per heavy atom. The van der Waals surface area contributed by atoms with E-state index in [0.29, 0.717) is 65.0 Å². The normalized spacial score (nSPS) is 14.6. The van der Waals surface area contributed by atoms with Crippen molar-refractivity contribution in [3.05, 3.63) is 95.8 Å². The highest BCUT2D eigenvalue weighted by atomic mass is 35.5. The van der Waals surface area contributed by atoms with E-state index in [-0.39, 0.29) is 16.8 Å². The lowest BCUT2D eigenvalue weighted by molar-refractivity contribution is 0.456. The maximum atomic E-state index is 14.1. The van der Waals surface area contributed by atoms with Crippen molar-refractivity contribution in [1.29, 1.82) is 0 Å². The average molecular weight is 581 g/mol. The molecule has 0 radical (unpaired) electrons. The van der Waals surface area contributed by atoms with Gasteiger partial charge in [-0.2, -0.15) is 0 Å². The van der Waals surface area contributed by atoms with E-state index in [1.807, 2.05) is 27.7 Å². The maximum absolute atomic E-state index is 14.1. The van der Waals surface area contributed by atoms with Crippen LogP contribution in [0.1, 0.15) is 12.8 Å². The van der Waals surface area contributed by atoms with Gasteiger partial charge in [-0.3, -0.25) is 4.57 Å². The fourth-order valence-corrected chi connectivity index (χ4v) is 6.53. The van der Waals surface area contributed by atoms with Gasteiger partial charge in [-0.05, 0) is 61.4 Å². The molecule has 1 N–H and O–H groups in total. The standard InChI is InChI=1S/C28H23ClF2N6O2S/c29-22-6-2-1-5-21(22)26-34-25-27(32-17-33-28(25)37(26)20-11-9-18(30)10-12-20)36-15-13-19(14-16-36)35-40(38,39)24-8-4-3-7-23(24)31/h1-12,17,19,35H,13-16H2. The quantitative estimate of drug-likeness (QED) is 0.291. The van der Waals surface area contributed by atoms with Crippen molar-refractivity contribution < 1.29 is 17.2 Å². The lowest BCUT2D eigenvalue weighted by atomic mass is 10.1. The number of aromatic nitrogens is 4. The number of nitrogens with zero attached hydrogens (tertiary/aromatic N) is 5. The van der Waals surface area contributed by atoms with Crippen LogP contribution < -0.4 is 9.62 Å². The number of anilines is 1. The van der Waals surface area contributed by atoms with Gasteiger partial charge in [-0.1, -0.05) is 35.9 Å². The minimum Gasteiger partial charge on any atom is -0.355 e. The van der Waals surface area contributed by atoms with Crippen LogP contribution in [0.3, 0.4) is 0 Å². The van der Waals surface area contributed by atoms with Crippen LogP contribution in [0, 0.1) is 11.6 Å². The van der Waals surface area contributed by atoms with Crippen molar-refractivity contribution in [2.24, 2.45) is 0 Å². The number of benzene rings is 3. The van der Waals surface area contributed by atoms with Crippen molar-refractivity contribution in [3.8, 4) is 17.1 Å². The van der Waals surface area contributed by atoms with Crippen LogP contribution in [-0.4, -0.2) is 47.1 Å². The van der Waals surface area contributed by atoms with Crippen molar-refractivity contribution >= 4 is 38.6 Å². The molecule has 8 nitrogen and oxygen atoms in total. The molecule has 0 atom stereocenters. The lowest BCUT2D eigenvalue weighted by Crippen LogP contribution is -2.45. The zero-order valence-corrected chi connectivity index (χ0v) is 22.6. The summed E-state index contributed by atoms with van der Waals surface area (Å²) in [4.78, 5) is 15.6. The lowest BCUT2D eigenvalue weighted by Gasteiger charge is -2.33. The van der Waals surface area contributed by atoms with Gasteiger partial charge in [0.1, 0.15) is 28.7 Å². The van der Waals surface area contributed by atoms with Gasteiger partial charge in [0, 0.05) is 30.4 Å². The molecule has 0 aliphatic carbocycles. The number of nitrogens with one attached hydrogen (secondary N) is 1. The van der Waals surface area contributed by atoms with Crippen molar-refractivity contribution in [1.82, 2.24) is 24.2 Å². The second-order valence-electron chi connectivity index (χ2n) is 9.41. The molecule has 1 aliphatic rings. The number of fused-ring (bicyclic) bond motifs is 1. The number of imidazole rings is 1. The number of hydrogen-bond donors (Lipinski definition) is 1. The maximum Gasteiger partial charge on any atom is 0.243 e. The molecule has 12 heteroatoms. The van der Waals surface area contributed by atoms with Gasteiger partial charge in [0.25, 0.3) is 0 Å². The fourth-order valence-electron chi connectivity index (χ4n) is 4.92. The Labute approximate surface area is 234 Å². The summed E-state index contributed by atoms with van der Waals surface area (Å²) >= 11 is 6.54. The van der Waals surface area contributed by atoms with E-state index in [0.717, 1.165) is 6.07 Å². The first kappa shape index (κ1) is 26.3. The summed E-state index contributed by atoms with van der Waals surface area (Å²) in [7, 11) is -4.00. The molecule has 5 aromatic rings. The molecule has 3 heterocycles. The molecule has 0 amide bonds. The van der Waals surface area contributed by atoms with Gasteiger partial charge in [-0.25, -0.2) is 36.9 Å². The van der Waals surface area contributed by atoms with Crippen molar-refractivity contribution in [3.63, 3.8) is 0 Å². The zero-order valence-electron chi connectivity index (χ0n) is 21.0. The Balaban J connectivity index is 1.33. The van der Waals surface area contributed by atoms with Gasteiger partial charge >= 0.3 is 0 Å². The molecule has 2 aromatic heterocycles. The van der Waals surface area contributed by atoms with Gasteiger partial charge < -0.3 is 4.90 Å². The molecule has 0 unspecified atom stereocenters. The predicted molar refractivity (Wildman–Crippen MR) is 149 cm³/mol. The number of rotatable bonds is 6. The monoisotopic (exact) mass is 580 g/mol. The number of sulfonamides is 1. The Hall–Kier alpha value is -3.93. The van der Waals surface area contributed by atoms with Crippen LogP contribution in [0.2, 0.25) is 5.02 Å². The first-order chi connectivity index (χ1) is 19.3. The van der Waals surface area contributed by atoms with Crippen LogP contribution in [0.4, 0.5) is 14.6 Å². The van der Waals surface area contributed by atoms with Gasteiger partial charge in [0.15, 0.2) is 17.0 Å². The van der Waals surface area contributed by atoms with Gasteiger partial charge in [0.2, 0.25) is 10.0 Å². The number of hydrogen-bond acceptors (Lipinski definition) is 6. The summed E-state index contributed by atoms with van der Waals surface area (Å²) in [5.41, 5.74) is 2.39. The highest BCUT2D eigenvalue weighted by molar-refractivity contribution is 7.89. The molecule has 6 rings (SSSR count). The third-order valence-corrected chi connectivity index (χ3v) is 8.75. The van der Waals surface area contributed by atoms with E-state index >= 15 is 0 Å². The third-order valence-electron chi connectivity index (χ3n) is 6.87. The van der Waals surface area contributed by atoms with Gasteiger partial charge in [0.05, 0.1) is 5.02 Å². The molecule has 204 valence electrons. The highest BCUT2D eigenvalue weighted by Crippen LogP contribution is 2.35. The second kappa shape index (κ2) is 10.6. The molecule has 40 heavy (non-hydrogen) atoms. The van der Waals surface area contributed by atoms with Crippen LogP contribution in [0.15, 0.2) is 84.0 Å². The minimum absolute atomic E-state index is 0.365. The average Bonchev–Trinajstić information content (AvgIpc) is 3.34. The summed E-state index contributed by atoms with van der Waals surface area (Å²) in [6.07, 6.45) is 2.41. The topological polar surface area (TPSA) is 93.0 Å². The highest BCUT2D eigenvalue weighted by Gasteiger charge is 2.29.